The van der Waals surface area contributed by atoms with Crippen molar-refractivity contribution in [3.05, 3.63) is 64.5 Å². The Morgan fingerprint density at radius 2 is 2.00 bits per heavy atom. The van der Waals surface area contributed by atoms with E-state index in [4.69, 9.17) is 0 Å². The molecule has 1 heterocycles. The summed E-state index contributed by atoms with van der Waals surface area (Å²) in [6, 6.07) is 10.2. The molecule has 2 aromatic rings. The van der Waals surface area contributed by atoms with E-state index in [-0.39, 0.29) is 23.7 Å². The molecule has 1 N–H and O–H groups in total. The molecule has 1 aliphatic carbocycles. The Bertz CT molecular complexity index is 909. The lowest BCUT2D eigenvalue weighted by Crippen LogP contribution is -2.33. The first-order valence-electron chi connectivity index (χ1n) is 9.53. The number of halogens is 1. The number of hydrogen-bond acceptors (Lipinski definition) is 2. The summed E-state index contributed by atoms with van der Waals surface area (Å²) in [5.74, 6) is -0.442. The van der Waals surface area contributed by atoms with Gasteiger partial charge < -0.3 is 10.2 Å². The van der Waals surface area contributed by atoms with Crippen LogP contribution in [0.2, 0.25) is 0 Å². The van der Waals surface area contributed by atoms with Crippen LogP contribution in [0.4, 0.5) is 10.1 Å². The highest BCUT2D eigenvalue weighted by Gasteiger charge is 2.28. The van der Waals surface area contributed by atoms with Gasteiger partial charge in [0.15, 0.2) is 0 Å². The molecule has 4 rings (SSSR count). The standard InChI is InChI=1S/C22H23FN2O2/c1-14-7-10-20(25-11-3-6-21(25)26)18(12-14)22(27)24-19-5-2-4-15-8-9-16(23)13-17(15)19/h7-10,12-13,19H,2-6,11H2,1H3,(H,24,27)/t19-/m1/s1. The van der Waals surface area contributed by atoms with Gasteiger partial charge in [0.05, 0.1) is 17.3 Å². The Labute approximate surface area is 158 Å². The van der Waals surface area contributed by atoms with Crippen molar-refractivity contribution >= 4 is 17.5 Å². The van der Waals surface area contributed by atoms with Gasteiger partial charge in [-0.3, -0.25) is 9.59 Å². The van der Waals surface area contributed by atoms with E-state index in [0.717, 1.165) is 42.4 Å². The Balaban J connectivity index is 1.64. The summed E-state index contributed by atoms with van der Waals surface area (Å²) in [7, 11) is 0. The van der Waals surface area contributed by atoms with Gasteiger partial charge >= 0.3 is 0 Å². The number of benzene rings is 2. The summed E-state index contributed by atoms with van der Waals surface area (Å²) in [4.78, 5) is 27.0. The normalized spacial score (nSPS) is 19.1. The number of amides is 2. The zero-order valence-electron chi connectivity index (χ0n) is 15.4. The van der Waals surface area contributed by atoms with Gasteiger partial charge in [-0.15, -0.1) is 0 Å². The zero-order valence-corrected chi connectivity index (χ0v) is 15.4. The first-order chi connectivity index (χ1) is 13.0. The van der Waals surface area contributed by atoms with Crippen molar-refractivity contribution in [2.45, 2.75) is 45.1 Å². The van der Waals surface area contributed by atoms with Crippen molar-refractivity contribution < 1.29 is 14.0 Å². The number of rotatable bonds is 3. The number of carbonyl (C=O) groups is 2. The zero-order chi connectivity index (χ0) is 19.0. The quantitative estimate of drug-likeness (QED) is 0.890. The van der Waals surface area contributed by atoms with Crippen LogP contribution < -0.4 is 10.2 Å². The molecule has 2 aromatic carbocycles. The van der Waals surface area contributed by atoms with Crippen LogP contribution in [0.15, 0.2) is 36.4 Å². The van der Waals surface area contributed by atoms with E-state index in [0.29, 0.717) is 24.2 Å². The first-order valence-corrected chi connectivity index (χ1v) is 9.53. The fourth-order valence-electron chi connectivity index (χ4n) is 4.13. The van der Waals surface area contributed by atoms with E-state index < -0.39 is 0 Å². The fraction of sp³-hybridized carbons (Fsp3) is 0.364. The summed E-state index contributed by atoms with van der Waals surface area (Å²) in [5, 5.41) is 3.08. The molecule has 1 atom stereocenters. The molecule has 0 bridgehead atoms. The highest BCUT2D eigenvalue weighted by atomic mass is 19.1. The molecule has 140 valence electrons. The monoisotopic (exact) mass is 366 g/mol. The highest BCUT2D eigenvalue weighted by molar-refractivity contribution is 6.05. The summed E-state index contributed by atoms with van der Waals surface area (Å²) in [6.45, 7) is 2.57. The predicted molar refractivity (Wildman–Crippen MR) is 102 cm³/mol. The summed E-state index contributed by atoms with van der Waals surface area (Å²) < 4.78 is 13.7. The molecule has 5 heteroatoms. The minimum absolute atomic E-state index is 0.0537. The number of nitrogens with one attached hydrogen (secondary N) is 1. The fourth-order valence-corrected chi connectivity index (χ4v) is 4.13. The third-order valence-corrected chi connectivity index (χ3v) is 5.49. The molecular formula is C22H23FN2O2. The van der Waals surface area contributed by atoms with Gasteiger partial charge in [-0.05, 0) is 68.0 Å². The smallest absolute Gasteiger partial charge is 0.253 e. The average Bonchev–Trinajstić information content (AvgIpc) is 3.08. The Kier molecular flexibility index (Phi) is 4.68. The van der Waals surface area contributed by atoms with Crippen LogP contribution in [0.5, 0.6) is 0 Å². The molecule has 2 amide bonds. The maximum Gasteiger partial charge on any atom is 0.253 e. The molecule has 0 saturated carbocycles. The number of fused-ring (bicyclic) bond motifs is 1. The number of nitrogens with zero attached hydrogens (tertiary/aromatic N) is 1. The van der Waals surface area contributed by atoms with Crippen molar-refractivity contribution in [3.8, 4) is 0 Å². The van der Waals surface area contributed by atoms with Crippen molar-refractivity contribution in [1.29, 1.82) is 0 Å². The summed E-state index contributed by atoms with van der Waals surface area (Å²) >= 11 is 0. The Hall–Kier alpha value is -2.69. The van der Waals surface area contributed by atoms with Gasteiger partial charge in [0, 0.05) is 13.0 Å². The van der Waals surface area contributed by atoms with Gasteiger partial charge in [-0.1, -0.05) is 17.7 Å². The lowest BCUT2D eigenvalue weighted by Gasteiger charge is -2.27. The first kappa shape index (κ1) is 17.7. The topological polar surface area (TPSA) is 49.4 Å². The summed E-state index contributed by atoms with van der Waals surface area (Å²) in [6.07, 6.45) is 3.97. The number of anilines is 1. The van der Waals surface area contributed by atoms with E-state index in [2.05, 4.69) is 5.32 Å². The molecule has 1 aliphatic heterocycles. The SMILES string of the molecule is Cc1ccc(N2CCCC2=O)c(C(=O)N[C@@H]2CCCc3ccc(F)cc32)c1. The Morgan fingerprint density at radius 1 is 1.15 bits per heavy atom. The second kappa shape index (κ2) is 7.14. The molecule has 2 aliphatic rings. The van der Waals surface area contributed by atoms with Crippen LogP contribution in [0, 0.1) is 12.7 Å². The third-order valence-electron chi connectivity index (χ3n) is 5.49. The van der Waals surface area contributed by atoms with Crippen molar-refractivity contribution in [3.63, 3.8) is 0 Å². The van der Waals surface area contributed by atoms with Gasteiger partial charge in [0.2, 0.25) is 5.91 Å². The minimum atomic E-state index is -0.284. The lowest BCUT2D eigenvalue weighted by molar-refractivity contribution is -0.117. The molecule has 0 spiro atoms. The molecule has 0 unspecified atom stereocenters. The van der Waals surface area contributed by atoms with Crippen LogP contribution in [-0.2, 0) is 11.2 Å². The van der Waals surface area contributed by atoms with Gasteiger partial charge in [-0.2, -0.15) is 0 Å². The molecule has 1 fully saturated rings. The molecular weight excluding hydrogens is 343 g/mol. The van der Waals surface area contributed by atoms with Gasteiger partial charge in [0.25, 0.3) is 5.91 Å². The van der Waals surface area contributed by atoms with Crippen molar-refractivity contribution in [1.82, 2.24) is 5.32 Å². The minimum Gasteiger partial charge on any atom is -0.345 e. The van der Waals surface area contributed by atoms with E-state index in [1.807, 2.05) is 31.2 Å². The average molecular weight is 366 g/mol. The maximum atomic E-state index is 13.7. The maximum absolute atomic E-state index is 13.7. The molecule has 27 heavy (non-hydrogen) atoms. The number of carbonyl (C=O) groups excluding carboxylic acids is 2. The lowest BCUT2D eigenvalue weighted by atomic mass is 9.87. The van der Waals surface area contributed by atoms with E-state index in [1.165, 1.54) is 12.1 Å². The van der Waals surface area contributed by atoms with Crippen LogP contribution in [0.1, 0.15) is 58.8 Å². The molecule has 0 radical (unpaired) electrons. The van der Waals surface area contributed by atoms with E-state index in [9.17, 15) is 14.0 Å². The second-order valence-electron chi connectivity index (χ2n) is 7.43. The highest BCUT2D eigenvalue weighted by Crippen LogP contribution is 2.32. The van der Waals surface area contributed by atoms with Crippen LogP contribution in [0.25, 0.3) is 0 Å². The third kappa shape index (κ3) is 3.46. The summed E-state index contributed by atoms with van der Waals surface area (Å²) in [5.41, 5.74) is 4.09. The van der Waals surface area contributed by atoms with Crippen LogP contribution in [-0.4, -0.2) is 18.4 Å². The molecule has 0 aromatic heterocycles. The van der Waals surface area contributed by atoms with E-state index in [1.54, 1.807) is 4.90 Å². The van der Waals surface area contributed by atoms with Crippen LogP contribution >= 0.6 is 0 Å². The van der Waals surface area contributed by atoms with Crippen molar-refractivity contribution in [2.24, 2.45) is 0 Å². The van der Waals surface area contributed by atoms with Crippen molar-refractivity contribution in [2.75, 3.05) is 11.4 Å². The van der Waals surface area contributed by atoms with Gasteiger partial charge in [0.1, 0.15) is 5.82 Å². The van der Waals surface area contributed by atoms with Gasteiger partial charge in [-0.25, -0.2) is 4.39 Å². The molecule has 4 nitrogen and oxygen atoms in total. The number of aryl methyl sites for hydroxylation is 2. The number of hydrogen-bond donors (Lipinski definition) is 1. The van der Waals surface area contributed by atoms with Crippen LogP contribution in [0.3, 0.4) is 0 Å². The predicted octanol–water partition coefficient (Wildman–Crippen LogP) is 4.07. The van der Waals surface area contributed by atoms with E-state index >= 15 is 0 Å². The Morgan fingerprint density at radius 3 is 2.78 bits per heavy atom. The largest absolute Gasteiger partial charge is 0.345 e. The second-order valence-corrected chi connectivity index (χ2v) is 7.43. The molecule has 1 saturated heterocycles.